The number of ether oxygens (including phenoxy) is 1. The van der Waals surface area contributed by atoms with Crippen molar-refractivity contribution in [3.05, 3.63) is 77.1 Å². The molecule has 0 radical (unpaired) electrons. The SMILES string of the molecule is C=CC1CCC(c2ccc(OC(F)(F)c3ccc(CC)c(F)c3F)cc2F)CC1. The van der Waals surface area contributed by atoms with Crippen LogP contribution in [0.3, 0.4) is 0 Å². The summed E-state index contributed by atoms with van der Waals surface area (Å²) in [6.45, 7) is 5.36. The molecule has 0 atom stereocenters. The number of allylic oxidation sites excluding steroid dienone is 1. The van der Waals surface area contributed by atoms with Crippen LogP contribution in [-0.2, 0) is 12.5 Å². The normalized spacial score (nSPS) is 19.8. The molecular weight excluding hydrogens is 387 g/mol. The van der Waals surface area contributed by atoms with Crippen LogP contribution >= 0.6 is 0 Å². The molecule has 0 bridgehead atoms. The fourth-order valence-electron chi connectivity index (χ4n) is 3.86. The van der Waals surface area contributed by atoms with Gasteiger partial charge in [0.1, 0.15) is 17.1 Å². The van der Waals surface area contributed by atoms with Crippen molar-refractivity contribution in [1.29, 1.82) is 0 Å². The van der Waals surface area contributed by atoms with Gasteiger partial charge in [-0.25, -0.2) is 13.2 Å². The minimum atomic E-state index is -4.15. The molecular formula is C23H23F5O. The van der Waals surface area contributed by atoms with Crippen molar-refractivity contribution >= 4 is 0 Å². The number of alkyl halides is 2. The van der Waals surface area contributed by atoms with Crippen LogP contribution in [0.5, 0.6) is 5.75 Å². The Morgan fingerprint density at radius 1 is 1.03 bits per heavy atom. The minimum Gasteiger partial charge on any atom is -0.429 e. The van der Waals surface area contributed by atoms with E-state index in [1.54, 1.807) is 6.92 Å². The van der Waals surface area contributed by atoms with Gasteiger partial charge in [-0.1, -0.05) is 25.1 Å². The van der Waals surface area contributed by atoms with Gasteiger partial charge in [0, 0.05) is 6.07 Å². The van der Waals surface area contributed by atoms with E-state index < -0.39 is 34.9 Å². The molecule has 0 aromatic heterocycles. The van der Waals surface area contributed by atoms with Crippen molar-refractivity contribution in [2.45, 2.75) is 51.1 Å². The molecule has 1 fully saturated rings. The van der Waals surface area contributed by atoms with Crippen LogP contribution in [0, 0.1) is 23.4 Å². The van der Waals surface area contributed by atoms with E-state index in [-0.39, 0.29) is 17.9 Å². The van der Waals surface area contributed by atoms with E-state index in [1.165, 1.54) is 12.1 Å². The first-order valence-corrected chi connectivity index (χ1v) is 9.73. The summed E-state index contributed by atoms with van der Waals surface area (Å²) < 4.78 is 75.9. The Kier molecular flexibility index (Phi) is 6.30. The standard InChI is InChI=1S/C23H23F5O/c1-3-14-5-7-16(8-6-14)18-11-10-17(13-20(18)24)29-23(27,28)19-12-9-15(4-2)21(25)22(19)26/h3,9-14,16H,1,4-8H2,2H3. The summed E-state index contributed by atoms with van der Waals surface area (Å²) >= 11 is 0. The number of hydrogen-bond donors (Lipinski definition) is 0. The number of hydrogen-bond acceptors (Lipinski definition) is 1. The molecule has 1 aliphatic rings. The van der Waals surface area contributed by atoms with E-state index in [0.717, 1.165) is 43.9 Å². The van der Waals surface area contributed by atoms with Crippen LogP contribution in [-0.4, -0.2) is 0 Å². The first-order chi connectivity index (χ1) is 13.8. The van der Waals surface area contributed by atoms with Crippen molar-refractivity contribution < 1.29 is 26.7 Å². The zero-order valence-electron chi connectivity index (χ0n) is 16.2. The third-order valence-corrected chi connectivity index (χ3v) is 5.62. The molecule has 0 amide bonds. The van der Waals surface area contributed by atoms with Crippen LogP contribution in [0.4, 0.5) is 22.0 Å². The van der Waals surface area contributed by atoms with Gasteiger partial charge >= 0.3 is 6.11 Å². The first kappa shape index (κ1) is 21.3. The first-order valence-electron chi connectivity index (χ1n) is 9.73. The number of halogens is 5. The zero-order chi connectivity index (χ0) is 21.2. The van der Waals surface area contributed by atoms with Crippen molar-refractivity contribution in [1.82, 2.24) is 0 Å². The van der Waals surface area contributed by atoms with Crippen molar-refractivity contribution in [2.24, 2.45) is 5.92 Å². The van der Waals surface area contributed by atoms with Gasteiger partial charge in [0.2, 0.25) is 0 Å². The minimum absolute atomic E-state index is 0.00823. The van der Waals surface area contributed by atoms with E-state index in [4.69, 9.17) is 0 Å². The van der Waals surface area contributed by atoms with Crippen LogP contribution in [0.2, 0.25) is 0 Å². The summed E-state index contributed by atoms with van der Waals surface area (Å²) in [5, 5.41) is 0. The molecule has 1 saturated carbocycles. The number of aryl methyl sites for hydroxylation is 1. The molecule has 3 rings (SSSR count). The van der Waals surface area contributed by atoms with Gasteiger partial charge in [0.25, 0.3) is 0 Å². The van der Waals surface area contributed by atoms with Crippen LogP contribution in [0.1, 0.15) is 55.2 Å². The second kappa shape index (κ2) is 8.56. The fraction of sp³-hybridized carbons (Fsp3) is 0.391. The lowest BCUT2D eigenvalue weighted by Crippen LogP contribution is -2.24. The molecule has 0 heterocycles. The highest BCUT2D eigenvalue weighted by Gasteiger charge is 2.39. The monoisotopic (exact) mass is 410 g/mol. The average Bonchev–Trinajstić information content (AvgIpc) is 2.70. The average molecular weight is 410 g/mol. The molecule has 2 aromatic carbocycles. The van der Waals surface area contributed by atoms with Gasteiger partial charge in [-0.2, -0.15) is 8.78 Å². The largest absolute Gasteiger partial charge is 0.429 e. The van der Waals surface area contributed by atoms with E-state index in [1.807, 2.05) is 6.08 Å². The van der Waals surface area contributed by atoms with Crippen LogP contribution in [0.15, 0.2) is 43.0 Å². The maximum absolute atomic E-state index is 14.6. The second-order valence-corrected chi connectivity index (χ2v) is 7.40. The van der Waals surface area contributed by atoms with E-state index in [2.05, 4.69) is 11.3 Å². The quantitative estimate of drug-likeness (QED) is 0.360. The molecule has 0 saturated heterocycles. The highest BCUT2D eigenvalue weighted by atomic mass is 19.3. The van der Waals surface area contributed by atoms with Crippen LogP contribution in [0.25, 0.3) is 0 Å². The lowest BCUT2D eigenvalue weighted by Gasteiger charge is -2.27. The Labute approximate surface area is 167 Å². The van der Waals surface area contributed by atoms with Crippen molar-refractivity contribution in [3.63, 3.8) is 0 Å². The summed E-state index contributed by atoms with van der Waals surface area (Å²) in [5.74, 6) is -3.65. The van der Waals surface area contributed by atoms with Crippen molar-refractivity contribution in [3.8, 4) is 5.75 Å². The molecule has 1 nitrogen and oxygen atoms in total. The summed E-state index contributed by atoms with van der Waals surface area (Å²) in [5.41, 5.74) is -0.782. The van der Waals surface area contributed by atoms with E-state index in [9.17, 15) is 22.0 Å². The maximum Gasteiger partial charge on any atom is 0.429 e. The third-order valence-electron chi connectivity index (χ3n) is 5.62. The summed E-state index contributed by atoms with van der Waals surface area (Å²) in [6, 6.07) is 5.42. The Morgan fingerprint density at radius 3 is 2.31 bits per heavy atom. The second-order valence-electron chi connectivity index (χ2n) is 7.40. The molecule has 0 N–H and O–H groups in total. The van der Waals surface area contributed by atoms with Gasteiger partial charge in [0.05, 0.1) is 0 Å². The Bertz CT molecular complexity index is 885. The summed E-state index contributed by atoms with van der Waals surface area (Å²) in [4.78, 5) is 0. The Balaban J connectivity index is 1.79. The van der Waals surface area contributed by atoms with E-state index in [0.29, 0.717) is 11.5 Å². The predicted octanol–water partition coefficient (Wildman–Crippen LogP) is 7.25. The highest BCUT2D eigenvalue weighted by molar-refractivity contribution is 5.34. The molecule has 0 unspecified atom stereocenters. The molecule has 1 aliphatic carbocycles. The molecule has 6 heteroatoms. The number of benzene rings is 2. The number of rotatable bonds is 6. The molecule has 2 aromatic rings. The van der Waals surface area contributed by atoms with Gasteiger partial charge in [-0.3, -0.25) is 0 Å². The van der Waals surface area contributed by atoms with Gasteiger partial charge in [0.15, 0.2) is 11.6 Å². The smallest absolute Gasteiger partial charge is 0.429 e. The maximum atomic E-state index is 14.6. The molecule has 156 valence electrons. The van der Waals surface area contributed by atoms with Crippen molar-refractivity contribution in [2.75, 3.05) is 0 Å². The lowest BCUT2D eigenvalue weighted by molar-refractivity contribution is -0.187. The fourth-order valence-corrected chi connectivity index (χ4v) is 3.86. The summed E-state index contributed by atoms with van der Waals surface area (Å²) in [6.07, 6.45) is 1.31. The zero-order valence-corrected chi connectivity index (χ0v) is 16.2. The highest BCUT2D eigenvalue weighted by Crippen LogP contribution is 2.39. The van der Waals surface area contributed by atoms with Gasteiger partial charge < -0.3 is 4.74 Å². The third kappa shape index (κ3) is 4.46. The van der Waals surface area contributed by atoms with Gasteiger partial charge in [-0.05, 0) is 67.2 Å². The topological polar surface area (TPSA) is 9.23 Å². The van der Waals surface area contributed by atoms with Crippen LogP contribution < -0.4 is 4.74 Å². The lowest BCUT2D eigenvalue weighted by atomic mass is 9.78. The molecule has 0 spiro atoms. The summed E-state index contributed by atoms with van der Waals surface area (Å²) in [7, 11) is 0. The van der Waals surface area contributed by atoms with E-state index >= 15 is 0 Å². The Morgan fingerprint density at radius 2 is 1.72 bits per heavy atom. The molecule has 0 aliphatic heterocycles. The Hall–Kier alpha value is -2.37. The predicted molar refractivity (Wildman–Crippen MR) is 102 cm³/mol. The molecule has 29 heavy (non-hydrogen) atoms. The van der Waals surface area contributed by atoms with Gasteiger partial charge in [-0.15, -0.1) is 6.58 Å².